The molecule has 4 heteroatoms. The molecule has 0 radical (unpaired) electrons. The maximum Gasteiger partial charge on any atom is 0.332 e. The van der Waals surface area contributed by atoms with Crippen molar-refractivity contribution in [3.63, 3.8) is 0 Å². The van der Waals surface area contributed by atoms with E-state index in [0.29, 0.717) is 6.42 Å². The fraction of sp³-hybridized carbons (Fsp3) is 0.682. The van der Waals surface area contributed by atoms with Crippen LogP contribution in [-0.2, 0) is 9.53 Å². The zero-order chi connectivity index (χ0) is 18.6. The van der Waals surface area contributed by atoms with Crippen LogP contribution in [0.1, 0.15) is 77.6 Å². The van der Waals surface area contributed by atoms with Crippen LogP contribution in [-0.4, -0.2) is 29.3 Å². The quantitative estimate of drug-likeness (QED) is 0.359. The highest BCUT2D eigenvalue weighted by Crippen LogP contribution is 2.25. The number of unbranched alkanes of at least 4 members (excludes halogenated alkanes) is 8. The molecule has 146 valence electrons. The van der Waals surface area contributed by atoms with Crippen molar-refractivity contribution < 1.29 is 14.6 Å². The van der Waals surface area contributed by atoms with Crippen LogP contribution in [0.2, 0.25) is 0 Å². The number of carbonyl (C=O) groups excluding carboxylic acids is 1. The number of benzene rings is 1. The molecule has 2 rings (SSSR count). The van der Waals surface area contributed by atoms with Gasteiger partial charge < -0.3 is 15.2 Å². The lowest BCUT2D eigenvalue weighted by molar-refractivity contribution is -0.174. The van der Waals surface area contributed by atoms with E-state index in [1.807, 2.05) is 30.3 Å². The third-order valence-electron chi connectivity index (χ3n) is 5.13. The number of para-hydroxylation sites is 1. The number of hydrogen-bond acceptors (Lipinski definition) is 4. The number of esters is 1. The van der Waals surface area contributed by atoms with Crippen LogP contribution in [0.3, 0.4) is 0 Å². The number of cyclic esters (lactones) is 1. The summed E-state index contributed by atoms with van der Waals surface area (Å²) in [5.74, 6) is -0.228. The summed E-state index contributed by atoms with van der Waals surface area (Å²) in [5.41, 5.74) is 0.910. The van der Waals surface area contributed by atoms with E-state index in [2.05, 4.69) is 12.2 Å². The van der Waals surface area contributed by atoms with Gasteiger partial charge in [-0.3, -0.25) is 0 Å². The molecule has 0 saturated carbocycles. The Bertz CT molecular complexity index is 505. The van der Waals surface area contributed by atoms with Crippen molar-refractivity contribution in [3.05, 3.63) is 30.3 Å². The summed E-state index contributed by atoms with van der Waals surface area (Å²) in [4.78, 5) is 11.7. The first-order valence-electron chi connectivity index (χ1n) is 10.4. The van der Waals surface area contributed by atoms with Crippen molar-refractivity contribution in [3.8, 4) is 0 Å². The summed E-state index contributed by atoms with van der Waals surface area (Å²) in [6, 6.07) is 9.33. The Labute approximate surface area is 158 Å². The third-order valence-corrected chi connectivity index (χ3v) is 5.13. The van der Waals surface area contributed by atoms with Crippen LogP contribution < -0.4 is 5.32 Å². The lowest BCUT2D eigenvalue weighted by Crippen LogP contribution is -2.55. The van der Waals surface area contributed by atoms with Gasteiger partial charge in [-0.15, -0.1) is 0 Å². The number of hydrogen-bond donors (Lipinski definition) is 2. The molecule has 0 aromatic heterocycles. The molecule has 4 nitrogen and oxygen atoms in total. The first kappa shape index (κ1) is 20.8. The van der Waals surface area contributed by atoms with Gasteiger partial charge in [-0.1, -0.05) is 82.9 Å². The van der Waals surface area contributed by atoms with Gasteiger partial charge in [0.05, 0.1) is 6.10 Å². The Kier molecular flexibility index (Phi) is 9.54. The van der Waals surface area contributed by atoms with E-state index in [-0.39, 0.29) is 18.1 Å². The molecule has 2 N–H and O–H groups in total. The van der Waals surface area contributed by atoms with E-state index in [4.69, 9.17) is 4.74 Å². The SMILES string of the molecule is CCCCCCCCCCC[C@H](O)C[C@@H]1OC(=O)[C@H]1Nc1ccccc1. The summed E-state index contributed by atoms with van der Waals surface area (Å²) < 4.78 is 5.22. The van der Waals surface area contributed by atoms with Gasteiger partial charge in [-0.05, 0) is 18.6 Å². The Balaban J connectivity index is 1.53. The van der Waals surface area contributed by atoms with E-state index >= 15 is 0 Å². The van der Waals surface area contributed by atoms with E-state index in [0.717, 1.165) is 18.5 Å². The molecule has 1 saturated heterocycles. The molecule has 0 amide bonds. The molecular weight excluding hydrogens is 326 g/mol. The second-order valence-electron chi connectivity index (χ2n) is 7.47. The largest absolute Gasteiger partial charge is 0.458 e. The van der Waals surface area contributed by atoms with Crippen molar-refractivity contribution in [1.29, 1.82) is 0 Å². The molecule has 1 aromatic rings. The highest BCUT2D eigenvalue weighted by Gasteiger charge is 2.43. The minimum atomic E-state index is -0.391. The Morgan fingerprint density at radius 2 is 1.62 bits per heavy atom. The molecule has 1 fully saturated rings. The van der Waals surface area contributed by atoms with Gasteiger partial charge in [-0.2, -0.15) is 0 Å². The van der Waals surface area contributed by atoms with Gasteiger partial charge in [0.2, 0.25) is 0 Å². The number of aliphatic hydroxyl groups excluding tert-OH is 1. The topological polar surface area (TPSA) is 58.6 Å². The van der Waals surface area contributed by atoms with Gasteiger partial charge in [0.15, 0.2) is 6.04 Å². The molecule has 1 aliphatic heterocycles. The van der Waals surface area contributed by atoms with E-state index in [9.17, 15) is 9.90 Å². The number of anilines is 1. The fourth-order valence-electron chi connectivity index (χ4n) is 3.50. The smallest absolute Gasteiger partial charge is 0.332 e. The van der Waals surface area contributed by atoms with Crippen molar-refractivity contribution in [2.45, 2.75) is 95.8 Å². The van der Waals surface area contributed by atoms with Crippen molar-refractivity contribution in [1.82, 2.24) is 0 Å². The number of nitrogens with one attached hydrogen (secondary N) is 1. The van der Waals surface area contributed by atoms with Gasteiger partial charge >= 0.3 is 5.97 Å². The lowest BCUT2D eigenvalue weighted by atomic mass is 9.96. The predicted octanol–water partition coefficient (Wildman–Crippen LogP) is 5.06. The monoisotopic (exact) mass is 361 g/mol. The summed E-state index contributed by atoms with van der Waals surface area (Å²) in [7, 11) is 0. The standard InChI is InChI=1S/C22H35NO3/c1-2-3-4-5-6-7-8-9-13-16-19(24)17-20-21(22(25)26-20)23-18-14-11-10-12-15-18/h10-12,14-15,19-21,23-24H,2-9,13,16-17H2,1H3/t19-,20-,21-/m0/s1. The molecule has 0 spiro atoms. The molecule has 26 heavy (non-hydrogen) atoms. The van der Waals surface area contributed by atoms with Gasteiger partial charge in [-0.25, -0.2) is 4.79 Å². The third kappa shape index (κ3) is 7.36. The molecular formula is C22H35NO3. The van der Waals surface area contributed by atoms with Crippen LogP contribution in [0.5, 0.6) is 0 Å². The minimum Gasteiger partial charge on any atom is -0.458 e. The number of ether oxygens (including phenoxy) is 1. The molecule has 0 bridgehead atoms. The average Bonchev–Trinajstić information content (AvgIpc) is 2.65. The number of carbonyl (C=O) groups is 1. The normalized spacial score (nSPS) is 20.3. The molecule has 1 aromatic carbocycles. The van der Waals surface area contributed by atoms with Crippen molar-refractivity contribution in [2.75, 3.05) is 5.32 Å². The van der Waals surface area contributed by atoms with E-state index in [1.54, 1.807) is 0 Å². The summed E-state index contributed by atoms with van der Waals surface area (Å²) in [6.45, 7) is 2.25. The van der Waals surface area contributed by atoms with Crippen molar-refractivity contribution in [2.24, 2.45) is 0 Å². The highest BCUT2D eigenvalue weighted by molar-refractivity contribution is 5.85. The fourth-order valence-corrected chi connectivity index (χ4v) is 3.50. The summed E-state index contributed by atoms with van der Waals surface area (Å²) in [5, 5.41) is 13.4. The maximum atomic E-state index is 11.7. The number of aliphatic hydroxyl groups is 1. The Morgan fingerprint density at radius 1 is 1.00 bits per heavy atom. The van der Waals surface area contributed by atoms with Crippen LogP contribution in [0.25, 0.3) is 0 Å². The van der Waals surface area contributed by atoms with Crippen LogP contribution >= 0.6 is 0 Å². The summed E-state index contributed by atoms with van der Waals surface area (Å²) >= 11 is 0. The van der Waals surface area contributed by atoms with Crippen LogP contribution in [0, 0.1) is 0 Å². The van der Waals surface area contributed by atoms with Crippen LogP contribution in [0.15, 0.2) is 30.3 Å². The molecule has 0 aliphatic carbocycles. The molecule has 1 heterocycles. The predicted molar refractivity (Wildman–Crippen MR) is 106 cm³/mol. The molecule has 3 atom stereocenters. The zero-order valence-electron chi connectivity index (χ0n) is 16.2. The van der Waals surface area contributed by atoms with E-state index in [1.165, 1.54) is 51.4 Å². The van der Waals surface area contributed by atoms with Gasteiger partial charge in [0.25, 0.3) is 0 Å². The molecule has 1 aliphatic rings. The second-order valence-corrected chi connectivity index (χ2v) is 7.47. The van der Waals surface area contributed by atoms with Gasteiger partial charge in [0.1, 0.15) is 6.10 Å². The average molecular weight is 362 g/mol. The lowest BCUT2D eigenvalue weighted by Gasteiger charge is -2.37. The van der Waals surface area contributed by atoms with Crippen molar-refractivity contribution >= 4 is 11.7 Å². The molecule has 0 unspecified atom stereocenters. The summed E-state index contributed by atoms with van der Waals surface area (Å²) in [6.07, 6.45) is 12.2. The maximum absolute atomic E-state index is 11.7. The zero-order valence-corrected chi connectivity index (χ0v) is 16.2. The minimum absolute atomic E-state index is 0.226. The van der Waals surface area contributed by atoms with E-state index < -0.39 is 6.10 Å². The Hall–Kier alpha value is -1.55. The first-order chi connectivity index (χ1) is 12.7. The first-order valence-corrected chi connectivity index (χ1v) is 10.4. The van der Waals surface area contributed by atoms with Crippen LogP contribution in [0.4, 0.5) is 5.69 Å². The Morgan fingerprint density at radius 3 is 2.23 bits per heavy atom. The number of rotatable bonds is 14. The second kappa shape index (κ2) is 11.9. The van der Waals surface area contributed by atoms with Gasteiger partial charge in [0, 0.05) is 12.1 Å². The highest BCUT2D eigenvalue weighted by atomic mass is 16.6.